The van der Waals surface area contributed by atoms with Gasteiger partial charge < -0.3 is 10.4 Å². The lowest BCUT2D eigenvalue weighted by atomic mass is 9.98. The molecular weight excluding hydrogens is 238 g/mol. The molecule has 2 N–H and O–H groups in total. The molecule has 1 rings (SSSR count). The van der Waals surface area contributed by atoms with Gasteiger partial charge >= 0.3 is 5.97 Å². The van der Waals surface area contributed by atoms with E-state index in [-0.39, 0.29) is 5.56 Å². The molecule has 0 amide bonds. The van der Waals surface area contributed by atoms with Gasteiger partial charge in [-0.15, -0.1) is 0 Å². The first-order valence-electron chi connectivity index (χ1n) is 5.68. The molecule has 0 spiro atoms. The number of rotatable bonds is 5. The van der Waals surface area contributed by atoms with Crippen molar-refractivity contribution in [2.45, 2.75) is 20.8 Å². The van der Waals surface area contributed by atoms with E-state index in [0.717, 1.165) is 6.54 Å². The van der Waals surface area contributed by atoms with Gasteiger partial charge in [0, 0.05) is 17.3 Å². The van der Waals surface area contributed by atoms with Gasteiger partial charge in [-0.25, -0.2) is 4.79 Å². The maximum atomic E-state index is 11.1. The molecule has 1 atom stereocenters. The summed E-state index contributed by atoms with van der Waals surface area (Å²) in [5, 5.41) is 12.7. The summed E-state index contributed by atoms with van der Waals surface area (Å²) in [7, 11) is 0. The van der Waals surface area contributed by atoms with Crippen molar-refractivity contribution in [3.63, 3.8) is 0 Å². The average molecular weight is 256 g/mol. The van der Waals surface area contributed by atoms with Crippen molar-refractivity contribution >= 4 is 23.3 Å². The summed E-state index contributed by atoms with van der Waals surface area (Å²) < 4.78 is 0. The Morgan fingerprint density at radius 2 is 2.06 bits per heavy atom. The summed E-state index contributed by atoms with van der Waals surface area (Å²) in [5.41, 5.74) is 0.836. The second-order valence-electron chi connectivity index (χ2n) is 4.60. The van der Waals surface area contributed by atoms with Crippen molar-refractivity contribution in [2.24, 2.45) is 11.8 Å². The van der Waals surface area contributed by atoms with Gasteiger partial charge in [-0.1, -0.05) is 32.4 Å². The summed E-state index contributed by atoms with van der Waals surface area (Å²) in [6.07, 6.45) is 0. The van der Waals surface area contributed by atoms with Crippen LogP contribution in [0.3, 0.4) is 0 Å². The zero-order valence-electron chi connectivity index (χ0n) is 10.3. The van der Waals surface area contributed by atoms with Crippen molar-refractivity contribution in [3.05, 3.63) is 28.8 Å². The molecule has 0 aliphatic carbocycles. The predicted octanol–water partition coefficient (Wildman–Crippen LogP) is 3.74. The van der Waals surface area contributed by atoms with Gasteiger partial charge in [-0.3, -0.25) is 0 Å². The van der Waals surface area contributed by atoms with Crippen molar-refractivity contribution in [1.82, 2.24) is 0 Å². The lowest BCUT2D eigenvalue weighted by molar-refractivity contribution is 0.0698. The smallest absolute Gasteiger partial charge is 0.337 e. The van der Waals surface area contributed by atoms with Crippen LogP contribution < -0.4 is 5.32 Å². The molecule has 0 aromatic heterocycles. The van der Waals surface area contributed by atoms with Crippen molar-refractivity contribution in [1.29, 1.82) is 0 Å². The molecule has 0 radical (unpaired) electrons. The van der Waals surface area contributed by atoms with Crippen molar-refractivity contribution < 1.29 is 9.90 Å². The molecular formula is C13H18ClNO2. The zero-order valence-corrected chi connectivity index (χ0v) is 11.1. The highest BCUT2D eigenvalue weighted by Crippen LogP contribution is 2.21. The molecule has 3 nitrogen and oxygen atoms in total. The molecule has 0 bridgehead atoms. The predicted molar refractivity (Wildman–Crippen MR) is 70.9 cm³/mol. The molecule has 0 heterocycles. The molecule has 4 heteroatoms. The largest absolute Gasteiger partial charge is 0.478 e. The Morgan fingerprint density at radius 3 is 2.59 bits per heavy atom. The van der Waals surface area contributed by atoms with Crippen LogP contribution in [0.1, 0.15) is 31.1 Å². The fourth-order valence-corrected chi connectivity index (χ4v) is 1.53. The minimum atomic E-state index is -0.966. The summed E-state index contributed by atoms with van der Waals surface area (Å²) >= 11 is 5.78. The van der Waals surface area contributed by atoms with E-state index < -0.39 is 5.97 Å². The first kappa shape index (κ1) is 13.8. The zero-order chi connectivity index (χ0) is 13.0. The maximum Gasteiger partial charge on any atom is 0.337 e. The van der Waals surface area contributed by atoms with Crippen LogP contribution in [0.4, 0.5) is 5.69 Å². The Hall–Kier alpha value is -1.22. The minimum absolute atomic E-state index is 0.216. The molecule has 0 aliphatic rings. The lowest BCUT2D eigenvalue weighted by Gasteiger charge is -2.18. The number of aromatic carboxylic acids is 1. The molecule has 1 aromatic rings. The van der Waals surface area contributed by atoms with E-state index in [1.807, 2.05) is 0 Å². The summed E-state index contributed by atoms with van der Waals surface area (Å²) in [6.45, 7) is 7.17. The molecule has 0 aliphatic heterocycles. The normalized spacial score (nSPS) is 12.5. The van der Waals surface area contributed by atoms with Crippen molar-refractivity contribution in [3.8, 4) is 0 Å². The van der Waals surface area contributed by atoms with E-state index in [9.17, 15) is 4.79 Å². The molecule has 0 saturated heterocycles. The molecule has 0 fully saturated rings. The number of anilines is 1. The van der Waals surface area contributed by atoms with Gasteiger partial charge in [-0.2, -0.15) is 0 Å². The number of benzene rings is 1. The van der Waals surface area contributed by atoms with E-state index >= 15 is 0 Å². The Labute approximate surface area is 107 Å². The minimum Gasteiger partial charge on any atom is -0.478 e. The summed E-state index contributed by atoms with van der Waals surface area (Å²) in [4.78, 5) is 11.1. The van der Waals surface area contributed by atoms with Crippen LogP contribution >= 0.6 is 11.6 Å². The highest BCUT2D eigenvalue weighted by atomic mass is 35.5. The second-order valence-corrected chi connectivity index (χ2v) is 5.03. The number of carbonyl (C=O) groups is 1. The van der Waals surface area contributed by atoms with Crippen LogP contribution in [0.25, 0.3) is 0 Å². The van der Waals surface area contributed by atoms with E-state index in [0.29, 0.717) is 22.5 Å². The fraction of sp³-hybridized carbons (Fsp3) is 0.462. The third kappa shape index (κ3) is 3.93. The third-order valence-corrected chi connectivity index (χ3v) is 3.20. The van der Waals surface area contributed by atoms with Crippen LogP contribution in [-0.4, -0.2) is 17.6 Å². The van der Waals surface area contributed by atoms with Gasteiger partial charge in [0.15, 0.2) is 0 Å². The van der Waals surface area contributed by atoms with E-state index in [4.69, 9.17) is 16.7 Å². The summed E-state index contributed by atoms with van der Waals surface area (Å²) in [5.74, 6) is 0.0719. The van der Waals surface area contributed by atoms with E-state index in [1.165, 1.54) is 6.07 Å². The third-order valence-electron chi connectivity index (χ3n) is 2.96. The van der Waals surface area contributed by atoms with Crippen LogP contribution in [0.15, 0.2) is 18.2 Å². The highest BCUT2D eigenvalue weighted by Gasteiger charge is 2.12. The van der Waals surface area contributed by atoms with Gasteiger partial charge in [0.25, 0.3) is 0 Å². The number of hydrogen-bond donors (Lipinski definition) is 2. The van der Waals surface area contributed by atoms with Gasteiger partial charge in [0.1, 0.15) is 0 Å². The standard InChI is InChI=1S/C13H18ClNO2/c1-8(2)9(3)7-15-12-5-4-10(14)6-11(12)13(16)17/h4-6,8-9,15H,7H2,1-3H3,(H,16,17). The first-order chi connectivity index (χ1) is 7.91. The van der Waals surface area contributed by atoms with E-state index in [2.05, 4.69) is 26.1 Å². The van der Waals surface area contributed by atoms with Crippen LogP contribution in [0, 0.1) is 11.8 Å². The molecule has 17 heavy (non-hydrogen) atoms. The number of carboxylic acids is 1. The number of nitrogens with one attached hydrogen (secondary N) is 1. The van der Waals surface area contributed by atoms with Crippen molar-refractivity contribution in [2.75, 3.05) is 11.9 Å². The SMILES string of the molecule is CC(C)C(C)CNc1ccc(Cl)cc1C(=O)O. The monoisotopic (exact) mass is 255 g/mol. The Kier molecular flexibility index (Phi) is 4.82. The number of carboxylic acid groups (broad SMARTS) is 1. The molecule has 1 aromatic carbocycles. The Morgan fingerprint density at radius 1 is 1.41 bits per heavy atom. The van der Waals surface area contributed by atoms with Gasteiger partial charge in [0.2, 0.25) is 0 Å². The van der Waals surface area contributed by atoms with E-state index in [1.54, 1.807) is 12.1 Å². The molecule has 1 unspecified atom stereocenters. The van der Waals surface area contributed by atoms with Crippen LogP contribution in [0.2, 0.25) is 5.02 Å². The quantitative estimate of drug-likeness (QED) is 0.843. The molecule has 94 valence electrons. The van der Waals surface area contributed by atoms with Crippen LogP contribution in [0.5, 0.6) is 0 Å². The van der Waals surface area contributed by atoms with Gasteiger partial charge in [-0.05, 0) is 30.0 Å². The topological polar surface area (TPSA) is 49.3 Å². The Bertz CT molecular complexity index is 404. The van der Waals surface area contributed by atoms with Crippen LogP contribution in [-0.2, 0) is 0 Å². The molecule has 0 saturated carbocycles. The Balaban J connectivity index is 2.80. The van der Waals surface area contributed by atoms with Gasteiger partial charge in [0.05, 0.1) is 5.56 Å². The number of halogens is 1. The lowest BCUT2D eigenvalue weighted by Crippen LogP contribution is -2.17. The maximum absolute atomic E-state index is 11.1. The highest BCUT2D eigenvalue weighted by molar-refractivity contribution is 6.31. The fourth-order valence-electron chi connectivity index (χ4n) is 1.35. The first-order valence-corrected chi connectivity index (χ1v) is 6.06. The second kappa shape index (κ2) is 5.92. The average Bonchev–Trinajstić information content (AvgIpc) is 2.26. The number of hydrogen-bond acceptors (Lipinski definition) is 2. The summed E-state index contributed by atoms with van der Waals surface area (Å²) in [6, 6.07) is 4.86.